The van der Waals surface area contributed by atoms with E-state index in [0.29, 0.717) is 19.3 Å². The molecule has 1 fully saturated rings. The molecule has 1 saturated carbocycles. The number of nitrogens with zero attached hydrogens (tertiary/aromatic N) is 2. The minimum absolute atomic E-state index is 0.00811. The van der Waals surface area contributed by atoms with E-state index < -0.39 is 71.4 Å². The number of benzene rings is 1. The second kappa shape index (κ2) is 19.5. The van der Waals surface area contributed by atoms with Gasteiger partial charge >= 0.3 is 12.1 Å². The average molecular weight is 667 g/mol. The molecule has 1 aliphatic rings. The number of esters is 1. The van der Waals surface area contributed by atoms with Gasteiger partial charge < -0.3 is 39.2 Å². The van der Waals surface area contributed by atoms with Gasteiger partial charge in [-0.25, -0.2) is 0 Å². The number of aliphatic hydroxyl groups excluding tert-OH is 3. The van der Waals surface area contributed by atoms with Crippen molar-refractivity contribution in [2.45, 2.75) is 62.7 Å². The molecule has 0 heterocycles. The molecule has 0 spiro atoms. The minimum Gasteiger partial charge on any atom is -0.491 e. The fraction of sp³-hybridized carbons (Fsp3) is 0.607. The van der Waals surface area contributed by atoms with Crippen molar-refractivity contribution >= 4 is 5.97 Å². The number of rotatable bonds is 21. The number of carbonyl (C=O) groups excluding carboxylic acids is 1. The summed E-state index contributed by atoms with van der Waals surface area (Å²) in [5, 5.41) is 49.5. The third-order valence-corrected chi connectivity index (χ3v) is 6.81. The van der Waals surface area contributed by atoms with Crippen molar-refractivity contribution < 1.29 is 67.3 Å². The molecule has 3 N–H and O–H groups in total. The summed E-state index contributed by atoms with van der Waals surface area (Å²) >= 11 is 0. The van der Waals surface area contributed by atoms with Crippen LogP contribution >= 0.6 is 0 Å². The van der Waals surface area contributed by atoms with Crippen molar-refractivity contribution in [1.29, 1.82) is 0 Å². The van der Waals surface area contributed by atoms with Gasteiger partial charge in [0.25, 0.3) is 10.2 Å². The van der Waals surface area contributed by atoms with Crippen LogP contribution in [0.25, 0.3) is 0 Å². The lowest BCUT2D eigenvalue weighted by molar-refractivity contribution is -0.760. The molecule has 18 heteroatoms. The Labute approximate surface area is 261 Å². The Morgan fingerprint density at radius 2 is 1.78 bits per heavy atom. The molecule has 6 atom stereocenters. The molecule has 0 saturated heterocycles. The summed E-state index contributed by atoms with van der Waals surface area (Å²) in [6, 6.07) is 4.25. The van der Waals surface area contributed by atoms with Crippen molar-refractivity contribution in [2.24, 2.45) is 11.8 Å². The first-order valence-electron chi connectivity index (χ1n) is 14.3. The number of hydrogen-bond acceptors (Lipinski definition) is 13. The van der Waals surface area contributed by atoms with Gasteiger partial charge in [0.2, 0.25) is 0 Å². The standard InChI is InChI=1S/C28H37F3N2O13/c29-28(30,31)19-6-5-7-21(14-19)43-16-20(34)10-11-24-23(25(35)15-26(24)36)8-3-1-2-4-9-27(37)44-17-22(18-46-33(40)41)42-12-13-45-32(38)39/h1,3,5-7,10-11,14,20,22-26,34-36H,2,4,8-9,12-13,15-18H2/t20-,22?,23-,24-,25+,26-/m1/s1. The van der Waals surface area contributed by atoms with Gasteiger partial charge in [-0.2, -0.15) is 13.2 Å². The first kappa shape index (κ1) is 38.2. The monoisotopic (exact) mass is 666 g/mol. The van der Waals surface area contributed by atoms with Crippen LogP contribution in [0.4, 0.5) is 13.2 Å². The van der Waals surface area contributed by atoms with Crippen LogP contribution in [-0.4, -0.2) is 88.9 Å². The summed E-state index contributed by atoms with van der Waals surface area (Å²) in [5.41, 5.74) is -0.882. The fourth-order valence-corrected chi connectivity index (χ4v) is 4.57. The molecule has 46 heavy (non-hydrogen) atoms. The Hall–Kier alpha value is -4.00. The molecule has 1 aromatic carbocycles. The Balaban J connectivity index is 1.74. The lowest BCUT2D eigenvalue weighted by atomic mass is 9.89. The van der Waals surface area contributed by atoms with Gasteiger partial charge in [-0.3, -0.25) is 4.79 Å². The minimum atomic E-state index is -4.53. The highest BCUT2D eigenvalue weighted by atomic mass is 19.4. The molecule has 0 aliphatic heterocycles. The van der Waals surface area contributed by atoms with Crippen LogP contribution in [0.15, 0.2) is 48.6 Å². The van der Waals surface area contributed by atoms with Crippen molar-refractivity contribution in [3.05, 3.63) is 74.4 Å². The zero-order chi connectivity index (χ0) is 34.1. The van der Waals surface area contributed by atoms with Gasteiger partial charge in [-0.1, -0.05) is 30.4 Å². The molecule has 1 aliphatic carbocycles. The number of ether oxygens (including phenoxy) is 3. The third-order valence-electron chi connectivity index (χ3n) is 6.81. The van der Waals surface area contributed by atoms with Gasteiger partial charge in [-0.05, 0) is 43.4 Å². The zero-order valence-electron chi connectivity index (χ0n) is 24.6. The maximum Gasteiger partial charge on any atom is 0.416 e. The first-order chi connectivity index (χ1) is 21.8. The van der Waals surface area contributed by atoms with E-state index in [0.717, 1.165) is 12.1 Å². The Morgan fingerprint density at radius 1 is 1.04 bits per heavy atom. The number of aliphatic hydroxyl groups is 3. The summed E-state index contributed by atoms with van der Waals surface area (Å²) in [6.07, 6.45) is -0.599. The number of hydrogen-bond donors (Lipinski definition) is 3. The number of alkyl halides is 3. The first-order valence-corrected chi connectivity index (χ1v) is 14.3. The molecule has 1 unspecified atom stereocenters. The Morgan fingerprint density at radius 3 is 2.48 bits per heavy atom. The molecule has 0 radical (unpaired) electrons. The maximum absolute atomic E-state index is 12.9. The number of carbonyl (C=O) groups is 1. The van der Waals surface area contributed by atoms with Gasteiger partial charge in [0.1, 0.15) is 44.4 Å². The van der Waals surface area contributed by atoms with E-state index in [9.17, 15) is 53.5 Å². The van der Waals surface area contributed by atoms with E-state index in [1.807, 2.05) is 0 Å². The van der Waals surface area contributed by atoms with Gasteiger partial charge in [0.15, 0.2) is 0 Å². The van der Waals surface area contributed by atoms with E-state index in [1.54, 1.807) is 18.2 Å². The summed E-state index contributed by atoms with van der Waals surface area (Å²) in [7, 11) is 0. The summed E-state index contributed by atoms with van der Waals surface area (Å²) in [5.74, 6) is -1.55. The number of halogens is 3. The molecule has 15 nitrogen and oxygen atoms in total. The lowest BCUT2D eigenvalue weighted by Crippen LogP contribution is -2.29. The second-order valence-corrected chi connectivity index (χ2v) is 10.3. The molecule has 1 aromatic rings. The van der Waals surface area contributed by atoms with Crippen LogP contribution in [0.1, 0.15) is 37.7 Å². The molecule has 0 aromatic heterocycles. The molecule has 0 amide bonds. The number of allylic oxidation sites excluding steroid dienone is 2. The van der Waals surface area contributed by atoms with Crippen molar-refractivity contribution in [1.82, 2.24) is 0 Å². The molecular weight excluding hydrogens is 629 g/mol. The predicted octanol–water partition coefficient (Wildman–Crippen LogP) is 2.82. The van der Waals surface area contributed by atoms with E-state index in [2.05, 4.69) is 9.68 Å². The van der Waals surface area contributed by atoms with E-state index >= 15 is 0 Å². The van der Waals surface area contributed by atoms with Crippen molar-refractivity contribution in [3.63, 3.8) is 0 Å². The highest BCUT2D eigenvalue weighted by Crippen LogP contribution is 2.36. The fourth-order valence-electron chi connectivity index (χ4n) is 4.57. The SMILES string of the molecule is O=C(CCCC=CC[C@@H]1[C@@H](C=C[C@@H](O)COc2cccc(C(F)(F)F)c2)[C@H](O)C[C@@H]1O)OCC(CO[N+](=O)[O-])OCCO[N+](=O)[O-]. The van der Waals surface area contributed by atoms with Crippen LogP contribution in [0.5, 0.6) is 5.75 Å². The van der Waals surface area contributed by atoms with Crippen LogP contribution in [0, 0.1) is 32.1 Å². The smallest absolute Gasteiger partial charge is 0.416 e. The summed E-state index contributed by atoms with van der Waals surface area (Å²) < 4.78 is 54.1. The number of unbranched alkanes of at least 4 members (excludes halogenated alkanes) is 1. The van der Waals surface area contributed by atoms with Crippen LogP contribution in [-0.2, 0) is 30.1 Å². The highest BCUT2D eigenvalue weighted by Gasteiger charge is 2.39. The normalized spacial score (nSPS) is 21.3. The van der Waals surface area contributed by atoms with E-state index in [4.69, 9.17) is 14.2 Å². The topological polar surface area (TPSA) is 210 Å². The molecule has 258 valence electrons. The Kier molecular flexibility index (Phi) is 16.2. The molecule has 0 bridgehead atoms. The van der Waals surface area contributed by atoms with Crippen LogP contribution in [0.3, 0.4) is 0 Å². The second-order valence-electron chi connectivity index (χ2n) is 10.3. The van der Waals surface area contributed by atoms with E-state index in [1.165, 1.54) is 18.2 Å². The van der Waals surface area contributed by atoms with Gasteiger partial charge in [0, 0.05) is 18.8 Å². The predicted molar refractivity (Wildman–Crippen MR) is 150 cm³/mol. The van der Waals surface area contributed by atoms with Crippen molar-refractivity contribution in [3.8, 4) is 5.75 Å². The van der Waals surface area contributed by atoms with Gasteiger partial charge in [-0.15, -0.1) is 20.2 Å². The van der Waals surface area contributed by atoms with Gasteiger partial charge in [0.05, 0.1) is 24.4 Å². The molecule has 2 rings (SSSR count). The van der Waals surface area contributed by atoms with E-state index in [-0.39, 0.29) is 44.3 Å². The lowest BCUT2D eigenvalue weighted by Gasteiger charge is -2.19. The Bertz CT molecular complexity index is 1170. The van der Waals surface area contributed by atoms with Crippen LogP contribution < -0.4 is 4.74 Å². The third kappa shape index (κ3) is 14.9. The average Bonchev–Trinajstić information content (AvgIpc) is 3.26. The largest absolute Gasteiger partial charge is 0.491 e. The quantitative estimate of drug-likeness (QED) is 0.0567. The summed E-state index contributed by atoms with van der Waals surface area (Å²) in [6.45, 7) is -2.00. The zero-order valence-corrected chi connectivity index (χ0v) is 24.6. The van der Waals surface area contributed by atoms with Crippen LogP contribution in [0.2, 0.25) is 0 Å². The summed E-state index contributed by atoms with van der Waals surface area (Å²) in [4.78, 5) is 40.9. The van der Waals surface area contributed by atoms with Crippen molar-refractivity contribution in [2.75, 3.05) is 33.0 Å². The highest BCUT2D eigenvalue weighted by molar-refractivity contribution is 5.69. The maximum atomic E-state index is 12.9. The molecular formula is C28H37F3N2O13.